The van der Waals surface area contributed by atoms with Crippen LogP contribution in [0, 0.1) is 5.92 Å². The molecule has 0 spiro atoms. The van der Waals surface area contributed by atoms with Crippen molar-refractivity contribution in [3.8, 4) is 0 Å². The smallest absolute Gasteiger partial charge is 0.193 e. The summed E-state index contributed by atoms with van der Waals surface area (Å²) in [6.07, 6.45) is 2.60. The topological polar surface area (TPSA) is 39.7 Å². The molecule has 0 amide bonds. The molecular formula is C10H20N4. The maximum atomic E-state index is 4.40. The summed E-state index contributed by atoms with van der Waals surface area (Å²) in [6.45, 7) is 5.47. The quantitative estimate of drug-likeness (QED) is 0.661. The van der Waals surface area contributed by atoms with Crippen LogP contribution >= 0.6 is 0 Å². The highest BCUT2D eigenvalue weighted by Gasteiger charge is 2.15. The van der Waals surface area contributed by atoms with Crippen LogP contribution in [0.15, 0.2) is 4.99 Å². The fraction of sp³-hybridized carbons (Fsp3) is 0.900. The molecule has 2 aliphatic heterocycles. The average Bonchev–Trinajstić information content (AvgIpc) is 2.78. The minimum absolute atomic E-state index is 0.870. The third-order valence-corrected chi connectivity index (χ3v) is 3.06. The maximum absolute atomic E-state index is 4.40. The van der Waals surface area contributed by atoms with E-state index < -0.39 is 0 Å². The van der Waals surface area contributed by atoms with Crippen molar-refractivity contribution in [1.82, 2.24) is 15.5 Å². The molecule has 80 valence electrons. The van der Waals surface area contributed by atoms with Gasteiger partial charge < -0.3 is 15.5 Å². The number of hydrogen-bond acceptors (Lipinski definition) is 4. The van der Waals surface area contributed by atoms with E-state index in [4.69, 9.17) is 0 Å². The van der Waals surface area contributed by atoms with Gasteiger partial charge in [-0.2, -0.15) is 0 Å². The first-order valence-electron chi connectivity index (χ1n) is 5.56. The zero-order valence-corrected chi connectivity index (χ0v) is 8.92. The van der Waals surface area contributed by atoms with Crippen molar-refractivity contribution in [3.63, 3.8) is 0 Å². The van der Waals surface area contributed by atoms with Crippen LogP contribution in [-0.2, 0) is 0 Å². The Morgan fingerprint density at radius 2 is 2.57 bits per heavy atom. The molecule has 0 aromatic rings. The molecule has 0 radical (unpaired) electrons. The van der Waals surface area contributed by atoms with E-state index in [2.05, 4.69) is 27.6 Å². The van der Waals surface area contributed by atoms with Crippen LogP contribution in [0.4, 0.5) is 0 Å². The normalized spacial score (nSPS) is 26.8. The van der Waals surface area contributed by atoms with Gasteiger partial charge in [-0.05, 0) is 31.8 Å². The number of nitrogens with one attached hydrogen (secondary N) is 2. The molecule has 0 aliphatic carbocycles. The highest BCUT2D eigenvalue weighted by atomic mass is 15.3. The standard InChI is InChI=1S/C10H20N4/c1-14-7-6-13-10(14)12-5-3-9-2-4-11-8-9/h9,11H,2-8H2,1H3,(H,12,13). The molecule has 2 heterocycles. The Morgan fingerprint density at radius 3 is 3.21 bits per heavy atom. The van der Waals surface area contributed by atoms with Gasteiger partial charge in [-0.15, -0.1) is 0 Å². The van der Waals surface area contributed by atoms with E-state index in [0.29, 0.717) is 0 Å². The highest BCUT2D eigenvalue weighted by Crippen LogP contribution is 2.10. The molecule has 14 heavy (non-hydrogen) atoms. The van der Waals surface area contributed by atoms with E-state index in [9.17, 15) is 0 Å². The van der Waals surface area contributed by atoms with Gasteiger partial charge in [0.2, 0.25) is 0 Å². The number of hydrogen-bond donors (Lipinski definition) is 2. The van der Waals surface area contributed by atoms with Gasteiger partial charge in [0.15, 0.2) is 5.96 Å². The molecule has 2 N–H and O–H groups in total. The second kappa shape index (κ2) is 4.64. The lowest BCUT2D eigenvalue weighted by Gasteiger charge is -2.16. The van der Waals surface area contributed by atoms with Crippen molar-refractivity contribution in [2.45, 2.75) is 12.8 Å². The summed E-state index contributed by atoms with van der Waals surface area (Å²) in [4.78, 5) is 6.58. The van der Waals surface area contributed by atoms with Crippen LogP contribution in [0.3, 0.4) is 0 Å². The Balaban J connectivity index is 1.62. The minimum atomic E-state index is 0.870. The summed E-state index contributed by atoms with van der Waals surface area (Å²) >= 11 is 0. The van der Waals surface area contributed by atoms with Crippen molar-refractivity contribution in [1.29, 1.82) is 0 Å². The Kier molecular flexibility index (Phi) is 3.24. The second-order valence-corrected chi connectivity index (χ2v) is 4.20. The van der Waals surface area contributed by atoms with Gasteiger partial charge in [0.1, 0.15) is 0 Å². The van der Waals surface area contributed by atoms with E-state index in [1.165, 1.54) is 25.9 Å². The number of rotatable bonds is 3. The number of guanidine groups is 1. The fourth-order valence-electron chi connectivity index (χ4n) is 2.07. The summed E-state index contributed by atoms with van der Waals surface area (Å²) < 4.78 is 0. The Morgan fingerprint density at radius 1 is 1.64 bits per heavy atom. The number of likely N-dealkylation sites (N-methyl/N-ethyl adjacent to an activating group) is 1. The van der Waals surface area contributed by atoms with Crippen molar-refractivity contribution in [2.75, 3.05) is 39.8 Å². The highest BCUT2D eigenvalue weighted by molar-refractivity contribution is 5.81. The molecule has 1 unspecified atom stereocenters. The largest absolute Gasteiger partial charge is 0.356 e. The summed E-state index contributed by atoms with van der Waals surface area (Å²) in [6, 6.07) is 0. The summed E-state index contributed by atoms with van der Waals surface area (Å²) in [7, 11) is 2.09. The van der Waals surface area contributed by atoms with E-state index in [0.717, 1.165) is 31.5 Å². The van der Waals surface area contributed by atoms with Crippen molar-refractivity contribution < 1.29 is 0 Å². The fourth-order valence-corrected chi connectivity index (χ4v) is 2.07. The van der Waals surface area contributed by atoms with Gasteiger partial charge in [-0.1, -0.05) is 0 Å². The molecule has 2 rings (SSSR count). The molecule has 0 saturated carbocycles. The Labute approximate surface area is 85.8 Å². The van der Waals surface area contributed by atoms with Crippen LogP contribution in [0.2, 0.25) is 0 Å². The number of aliphatic imine (C=N–C) groups is 1. The van der Waals surface area contributed by atoms with Crippen LogP contribution in [-0.4, -0.2) is 50.6 Å². The average molecular weight is 196 g/mol. The Hall–Kier alpha value is -0.770. The Bertz CT molecular complexity index is 208. The molecule has 0 aromatic carbocycles. The van der Waals surface area contributed by atoms with Gasteiger partial charge in [-0.25, -0.2) is 0 Å². The predicted molar refractivity (Wildman–Crippen MR) is 58.5 cm³/mol. The van der Waals surface area contributed by atoms with Crippen molar-refractivity contribution in [3.05, 3.63) is 0 Å². The molecule has 4 heteroatoms. The lowest BCUT2D eigenvalue weighted by atomic mass is 10.1. The van der Waals surface area contributed by atoms with Crippen molar-refractivity contribution >= 4 is 5.96 Å². The van der Waals surface area contributed by atoms with Crippen molar-refractivity contribution in [2.24, 2.45) is 10.9 Å². The lowest BCUT2D eigenvalue weighted by molar-refractivity contribution is 0.500. The summed E-state index contributed by atoms with van der Waals surface area (Å²) in [5, 5.41) is 6.80. The maximum Gasteiger partial charge on any atom is 0.193 e. The monoisotopic (exact) mass is 196 g/mol. The first-order valence-corrected chi connectivity index (χ1v) is 5.56. The zero-order valence-electron chi connectivity index (χ0n) is 8.92. The molecule has 1 saturated heterocycles. The van der Waals surface area contributed by atoms with Crippen LogP contribution in [0.1, 0.15) is 12.8 Å². The van der Waals surface area contributed by atoms with Gasteiger partial charge in [0.05, 0.1) is 6.54 Å². The third-order valence-electron chi connectivity index (χ3n) is 3.06. The molecular weight excluding hydrogens is 176 g/mol. The van der Waals surface area contributed by atoms with Gasteiger partial charge >= 0.3 is 0 Å². The molecule has 1 fully saturated rings. The molecule has 1 atom stereocenters. The van der Waals surface area contributed by atoms with Crippen LogP contribution in [0.5, 0.6) is 0 Å². The SMILES string of the molecule is CN1CCN=C1NCCC1CCNC1. The molecule has 2 aliphatic rings. The van der Waals surface area contributed by atoms with E-state index in [1.54, 1.807) is 0 Å². The van der Waals surface area contributed by atoms with Crippen LogP contribution < -0.4 is 10.6 Å². The van der Waals surface area contributed by atoms with Crippen LogP contribution in [0.25, 0.3) is 0 Å². The first kappa shape index (κ1) is 9.77. The molecule has 4 nitrogen and oxygen atoms in total. The lowest BCUT2D eigenvalue weighted by Crippen LogP contribution is -2.36. The van der Waals surface area contributed by atoms with E-state index in [-0.39, 0.29) is 0 Å². The van der Waals surface area contributed by atoms with Gasteiger partial charge in [0, 0.05) is 20.1 Å². The van der Waals surface area contributed by atoms with Gasteiger partial charge in [-0.3, -0.25) is 4.99 Å². The summed E-state index contributed by atoms with van der Waals surface area (Å²) in [5.74, 6) is 1.95. The first-order chi connectivity index (χ1) is 6.86. The second-order valence-electron chi connectivity index (χ2n) is 4.20. The van der Waals surface area contributed by atoms with Gasteiger partial charge in [0.25, 0.3) is 0 Å². The number of nitrogens with zero attached hydrogens (tertiary/aromatic N) is 2. The summed E-state index contributed by atoms with van der Waals surface area (Å²) in [5.41, 5.74) is 0. The molecule has 0 bridgehead atoms. The third kappa shape index (κ3) is 2.38. The zero-order chi connectivity index (χ0) is 9.80. The minimum Gasteiger partial charge on any atom is -0.356 e. The molecule has 0 aromatic heterocycles. The predicted octanol–water partition coefficient (Wildman–Crippen LogP) is -0.123. The van der Waals surface area contributed by atoms with E-state index >= 15 is 0 Å². The van der Waals surface area contributed by atoms with E-state index in [1.807, 2.05) is 0 Å².